The van der Waals surface area contributed by atoms with Gasteiger partial charge in [0, 0.05) is 17.0 Å². The molecule has 0 aromatic heterocycles. The Morgan fingerprint density at radius 2 is 1.91 bits per heavy atom. The number of benzene rings is 2. The molecule has 0 amide bonds. The summed E-state index contributed by atoms with van der Waals surface area (Å²) < 4.78 is 11.2. The molecule has 3 rings (SSSR count). The molecule has 0 unspecified atom stereocenters. The zero-order valence-corrected chi connectivity index (χ0v) is 14.1. The third-order valence-corrected chi connectivity index (χ3v) is 4.52. The van der Waals surface area contributed by atoms with Crippen LogP contribution in [0.2, 0.25) is 0 Å². The predicted molar refractivity (Wildman–Crippen MR) is 90.4 cm³/mol. The molecule has 0 aliphatic carbocycles. The first kappa shape index (κ1) is 15.6. The van der Waals surface area contributed by atoms with Crippen molar-refractivity contribution in [2.75, 3.05) is 7.11 Å². The molecule has 2 aromatic rings. The van der Waals surface area contributed by atoms with Crippen molar-refractivity contribution in [1.29, 1.82) is 0 Å². The van der Waals surface area contributed by atoms with Gasteiger partial charge in [0.05, 0.1) is 13.5 Å². The summed E-state index contributed by atoms with van der Waals surface area (Å²) in [4.78, 5) is 12.2. The minimum absolute atomic E-state index is 0.0268. The maximum Gasteiger partial charge on any atom is 0.312 e. The summed E-state index contributed by atoms with van der Waals surface area (Å²) >= 11 is 0. The summed E-state index contributed by atoms with van der Waals surface area (Å²) in [6, 6.07) is 12.1. The van der Waals surface area contributed by atoms with Crippen LogP contribution in [-0.4, -0.2) is 13.1 Å². The number of carbonyl (C=O) groups excluding carboxylic acids is 1. The Morgan fingerprint density at radius 3 is 2.61 bits per heavy atom. The average molecular weight is 310 g/mol. The Hall–Kier alpha value is -2.29. The fourth-order valence-electron chi connectivity index (χ4n) is 3.36. The Labute approximate surface area is 137 Å². The van der Waals surface area contributed by atoms with E-state index in [1.165, 1.54) is 0 Å². The van der Waals surface area contributed by atoms with E-state index in [1.807, 2.05) is 24.3 Å². The normalized spacial score (nSPS) is 16.9. The molecule has 0 radical (unpaired) electrons. The highest BCUT2D eigenvalue weighted by atomic mass is 16.5. The zero-order chi connectivity index (χ0) is 16.6. The van der Waals surface area contributed by atoms with E-state index in [9.17, 15) is 4.79 Å². The Bertz CT molecular complexity index is 747. The molecule has 0 bridgehead atoms. The van der Waals surface area contributed by atoms with Crippen LogP contribution in [0, 0.1) is 6.92 Å². The monoisotopic (exact) mass is 310 g/mol. The number of esters is 1. The van der Waals surface area contributed by atoms with Crippen LogP contribution in [0.25, 0.3) is 0 Å². The fraction of sp³-hybridized carbons (Fsp3) is 0.350. The molecule has 1 atom stereocenters. The van der Waals surface area contributed by atoms with Gasteiger partial charge >= 0.3 is 5.97 Å². The van der Waals surface area contributed by atoms with Gasteiger partial charge in [0.1, 0.15) is 11.5 Å². The van der Waals surface area contributed by atoms with Gasteiger partial charge < -0.3 is 9.47 Å². The molecule has 120 valence electrons. The van der Waals surface area contributed by atoms with Gasteiger partial charge in [0.25, 0.3) is 0 Å². The van der Waals surface area contributed by atoms with Crippen LogP contribution < -0.4 is 9.47 Å². The zero-order valence-electron chi connectivity index (χ0n) is 14.1. The first-order chi connectivity index (χ1) is 11.0. The molecular formula is C20H22O3. The number of rotatable bonds is 3. The highest BCUT2D eigenvalue weighted by Crippen LogP contribution is 2.46. The van der Waals surface area contributed by atoms with Gasteiger partial charge in [-0.1, -0.05) is 44.2 Å². The summed E-state index contributed by atoms with van der Waals surface area (Å²) in [6.45, 7) is 6.31. The molecule has 1 heterocycles. The Balaban J connectivity index is 2.23. The SMILES string of the molecule is COc1ccccc1[C@@H]1CC(=O)Oc2c(C(C)C)ccc(C)c21. The minimum Gasteiger partial charge on any atom is -0.496 e. The largest absolute Gasteiger partial charge is 0.496 e. The summed E-state index contributed by atoms with van der Waals surface area (Å²) in [6.07, 6.45) is 0.343. The number of methoxy groups -OCH3 is 1. The van der Waals surface area contributed by atoms with Crippen LogP contribution in [-0.2, 0) is 4.79 Å². The van der Waals surface area contributed by atoms with Crippen LogP contribution in [0.4, 0.5) is 0 Å². The van der Waals surface area contributed by atoms with Crippen LogP contribution in [0.3, 0.4) is 0 Å². The maximum atomic E-state index is 12.2. The molecule has 0 N–H and O–H groups in total. The summed E-state index contributed by atoms with van der Waals surface area (Å²) in [7, 11) is 1.66. The lowest BCUT2D eigenvalue weighted by Gasteiger charge is -2.30. The van der Waals surface area contributed by atoms with Gasteiger partial charge in [0.15, 0.2) is 0 Å². The molecule has 1 aliphatic rings. The topological polar surface area (TPSA) is 35.5 Å². The molecule has 2 aromatic carbocycles. The molecule has 0 saturated heterocycles. The summed E-state index contributed by atoms with van der Waals surface area (Å²) in [5.41, 5.74) is 4.38. The number of hydrogen-bond donors (Lipinski definition) is 0. The van der Waals surface area contributed by atoms with E-state index >= 15 is 0 Å². The van der Waals surface area contributed by atoms with E-state index in [0.29, 0.717) is 12.3 Å². The molecule has 0 fully saturated rings. The quantitative estimate of drug-likeness (QED) is 0.615. The lowest BCUT2D eigenvalue weighted by Crippen LogP contribution is -2.23. The van der Waals surface area contributed by atoms with Crippen molar-refractivity contribution in [3.63, 3.8) is 0 Å². The van der Waals surface area contributed by atoms with E-state index in [4.69, 9.17) is 9.47 Å². The van der Waals surface area contributed by atoms with Crippen molar-refractivity contribution in [3.05, 3.63) is 58.7 Å². The first-order valence-electron chi connectivity index (χ1n) is 8.00. The van der Waals surface area contributed by atoms with Crippen molar-refractivity contribution >= 4 is 5.97 Å². The maximum absolute atomic E-state index is 12.2. The van der Waals surface area contributed by atoms with Crippen molar-refractivity contribution in [1.82, 2.24) is 0 Å². The van der Waals surface area contributed by atoms with Crippen LogP contribution >= 0.6 is 0 Å². The molecule has 3 heteroatoms. The van der Waals surface area contributed by atoms with Gasteiger partial charge in [-0.3, -0.25) is 4.79 Å². The smallest absolute Gasteiger partial charge is 0.312 e. The van der Waals surface area contributed by atoms with E-state index in [0.717, 1.165) is 33.8 Å². The molecule has 1 aliphatic heterocycles. The molecular weight excluding hydrogens is 288 g/mol. The number of ether oxygens (including phenoxy) is 2. The Morgan fingerprint density at radius 1 is 1.17 bits per heavy atom. The van der Waals surface area contributed by atoms with E-state index in [1.54, 1.807) is 7.11 Å². The van der Waals surface area contributed by atoms with Crippen molar-refractivity contribution in [3.8, 4) is 11.5 Å². The van der Waals surface area contributed by atoms with Crippen molar-refractivity contribution in [2.45, 2.75) is 39.0 Å². The van der Waals surface area contributed by atoms with Gasteiger partial charge in [-0.2, -0.15) is 0 Å². The highest BCUT2D eigenvalue weighted by molar-refractivity contribution is 5.79. The third-order valence-electron chi connectivity index (χ3n) is 4.52. The summed E-state index contributed by atoms with van der Waals surface area (Å²) in [5.74, 6) is 1.65. The third kappa shape index (κ3) is 2.72. The lowest BCUT2D eigenvalue weighted by molar-refractivity contribution is -0.135. The van der Waals surface area contributed by atoms with Gasteiger partial charge in [0.2, 0.25) is 0 Å². The average Bonchev–Trinajstić information content (AvgIpc) is 2.53. The van der Waals surface area contributed by atoms with Crippen LogP contribution in [0.5, 0.6) is 11.5 Å². The van der Waals surface area contributed by atoms with Gasteiger partial charge in [-0.25, -0.2) is 0 Å². The second kappa shape index (κ2) is 6.07. The van der Waals surface area contributed by atoms with Gasteiger partial charge in [-0.15, -0.1) is 0 Å². The number of fused-ring (bicyclic) bond motifs is 1. The second-order valence-electron chi connectivity index (χ2n) is 6.34. The van der Waals surface area contributed by atoms with Crippen molar-refractivity contribution in [2.24, 2.45) is 0 Å². The predicted octanol–water partition coefficient (Wildman–Crippen LogP) is 4.57. The van der Waals surface area contributed by atoms with E-state index < -0.39 is 0 Å². The highest BCUT2D eigenvalue weighted by Gasteiger charge is 2.33. The van der Waals surface area contributed by atoms with Crippen molar-refractivity contribution < 1.29 is 14.3 Å². The minimum atomic E-state index is -0.180. The van der Waals surface area contributed by atoms with Crippen LogP contribution in [0.1, 0.15) is 54.4 Å². The van der Waals surface area contributed by atoms with Gasteiger partial charge in [-0.05, 0) is 30.0 Å². The standard InChI is InChI=1S/C20H22O3/c1-12(2)14-10-9-13(3)19-16(11-18(21)23-20(14)19)15-7-5-6-8-17(15)22-4/h5-10,12,16H,11H2,1-4H3/t16-/m0/s1. The first-order valence-corrected chi connectivity index (χ1v) is 8.00. The number of hydrogen-bond acceptors (Lipinski definition) is 3. The van der Waals surface area contributed by atoms with Crippen LogP contribution in [0.15, 0.2) is 36.4 Å². The molecule has 0 spiro atoms. The summed E-state index contributed by atoms with van der Waals surface area (Å²) in [5, 5.41) is 0. The molecule has 3 nitrogen and oxygen atoms in total. The number of aryl methyl sites for hydroxylation is 1. The van der Waals surface area contributed by atoms with E-state index in [-0.39, 0.29) is 11.9 Å². The molecule has 23 heavy (non-hydrogen) atoms. The lowest BCUT2D eigenvalue weighted by atomic mass is 9.81. The number of carbonyl (C=O) groups is 1. The molecule has 0 saturated carbocycles. The fourth-order valence-corrected chi connectivity index (χ4v) is 3.36. The number of para-hydroxylation sites is 1. The Kier molecular flexibility index (Phi) is 4.12. The van der Waals surface area contributed by atoms with E-state index in [2.05, 4.69) is 32.9 Å². The second-order valence-corrected chi connectivity index (χ2v) is 6.34.